The van der Waals surface area contributed by atoms with E-state index in [1.54, 1.807) is 23.6 Å². The molecule has 3 unspecified atom stereocenters. The standard InChI is InChI=1S/C9H16OS.C9H14O.C8H13NO.C7H13NO2S.CH4/c1-9(2,3)8-5-6-11(4,10)7-8;1-9(2,3)7-4-5-8(10)6-7;1-8(2,3)9-6-4-5-7(9)10;1-7(2,3)8-5-4-6-11(8,9)10;/h5-6,8H,4,7H2,1-3H3;4-5,7H,6H2,1-3H3;4-5H,6H2,1-3H3;4,6H,5H2,1-3H3;1H4. The molecule has 0 saturated carbocycles. The van der Waals surface area contributed by atoms with Gasteiger partial charge in [0.25, 0.3) is 0 Å². The van der Waals surface area contributed by atoms with Crippen LogP contribution < -0.4 is 0 Å². The highest BCUT2D eigenvalue weighted by Gasteiger charge is 2.33. The number of allylic oxidation sites excluding steroid dienone is 3. The van der Waals surface area contributed by atoms with Gasteiger partial charge in [-0.15, -0.1) is 0 Å². The van der Waals surface area contributed by atoms with E-state index in [0.717, 1.165) is 12.3 Å². The summed E-state index contributed by atoms with van der Waals surface area (Å²) in [5, 5.41) is 3.04. The van der Waals surface area contributed by atoms with Crippen LogP contribution in [0.2, 0.25) is 0 Å². The lowest BCUT2D eigenvalue weighted by Crippen LogP contribution is -2.42. The molecule has 4 rings (SSSR count). The van der Waals surface area contributed by atoms with Crippen LogP contribution in [0.4, 0.5) is 0 Å². The Hall–Kier alpha value is -1.97. The number of ketones is 1. The molecule has 9 heteroatoms. The lowest BCUT2D eigenvalue weighted by molar-refractivity contribution is -0.128. The summed E-state index contributed by atoms with van der Waals surface area (Å²) >= 11 is 0. The SMILES string of the molecule is C.C=S1(=O)C=CC(C(C)(C)C)C1.CC(C)(C)C1C=CC(=O)C1.CC(C)(C)N1CC=CC1=O.CC(C)(C)N1CC=CS1(=O)=O. The van der Waals surface area contributed by atoms with Gasteiger partial charge < -0.3 is 4.90 Å². The molecular weight excluding hydrogens is 581 g/mol. The molecule has 3 heterocycles. The van der Waals surface area contributed by atoms with Gasteiger partial charge >= 0.3 is 0 Å². The van der Waals surface area contributed by atoms with Gasteiger partial charge in [0.2, 0.25) is 15.9 Å². The van der Waals surface area contributed by atoms with Crippen LogP contribution in [0.15, 0.2) is 47.3 Å². The number of carbonyl (C=O) groups excluding carboxylic acids is 2. The minimum Gasteiger partial charge on any atom is -0.331 e. The van der Waals surface area contributed by atoms with Crippen molar-refractivity contribution in [3.63, 3.8) is 0 Å². The van der Waals surface area contributed by atoms with E-state index in [2.05, 4.69) is 53.5 Å². The van der Waals surface area contributed by atoms with Crippen molar-refractivity contribution in [1.29, 1.82) is 0 Å². The summed E-state index contributed by atoms with van der Waals surface area (Å²) in [6.07, 6.45) is 11.7. The summed E-state index contributed by atoms with van der Waals surface area (Å²) in [6.45, 7) is 26.1. The zero-order valence-electron chi connectivity index (χ0n) is 28.1. The predicted molar refractivity (Wildman–Crippen MR) is 186 cm³/mol. The number of nitrogens with zero attached hydrogens (tertiary/aromatic N) is 2. The molecule has 0 fully saturated rings. The van der Waals surface area contributed by atoms with Crippen molar-refractivity contribution in [2.45, 2.75) is 108 Å². The first-order valence-corrected chi connectivity index (χ1v) is 18.0. The first-order chi connectivity index (χ1) is 18.7. The van der Waals surface area contributed by atoms with Gasteiger partial charge in [0.15, 0.2) is 5.78 Å². The Morgan fingerprint density at radius 2 is 1.26 bits per heavy atom. The Kier molecular flexibility index (Phi) is 14.2. The van der Waals surface area contributed by atoms with Gasteiger partial charge in [-0.25, -0.2) is 8.42 Å². The molecule has 1 aliphatic carbocycles. The highest BCUT2D eigenvalue weighted by atomic mass is 32.2. The monoisotopic (exact) mass is 640 g/mol. The van der Waals surface area contributed by atoms with Crippen molar-refractivity contribution in [2.75, 3.05) is 18.8 Å². The Balaban J connectivity index is 0.000000543. The molecule has 0 saturated heterocycles. The van der Waals surface area contributed by atoms with Gasteiger partial charge in [-0.3, -0.25) is 13.8 Å². The number of hydrogen-bond acceptors (Lipinski definition) is 5. The van der Waals surface area contributed by atoms with Crippen molar-refractivity contribution in [2.24, 2.45) is 22.7 Å². The first kappa shape index (κ1) is 41.0. The molecule has 3 atom stereocenters. The van der Waals surface area contributed by atoms with E-state index in [4.69, 9.17) is 0 Å². The van der Waals surface area contributed by atoms with Crippen LogP contribution in [0.5, 0.6) is 0 Å². The van der Waals surface area contributed by atoms with E-state index in [-0.39, 0.29) is 41.0 Å². The summed E-state index contributed by atoms with van der Waals surface area (Å²) in [5.41, 5.74) is 0.152. The summed E-state index contributed by atoms with van der Waals surface area (Å²) in [7, 11) is -4.95. The van der Waals surface area contributed by atoms with E-state index in [1.807, 2.05) is 58.6 Å². The van der Waals surface area contributed by atoms with E-state index in [0.29, 0.717) is 24.8 Å². The van der Waals surface area contributed by atoms with Gasteiger partial charge in [0, 0.05) is 47.8 Å². The molecule has 4 aliphatic rings. The van der Waals surface area contributed by atoms with E-state index in [9.17, 15) is 22.2 Å². The highest BCUT2D eigenvalue weighted by molar-refractivity contribution is 8.03. The molecule has 7 nitrogen and oxygen atoms in total. The van der Waals surface area contributed by atoms with Gasteiger partial charge in [0.05, 0.1) is 0 Å². The highest BCUT2D eigenvalue weighted by Crippen LogP contribution is 2.33. The largest absolute Gasteiger partial charge is 0.331 e. The third-order valence-electron chi connectivity index (χ3n) is 7.40. The maximum Gasteiger partial charge on any atom is 0.247 e. The molecule has 0 radical (unpaired) electrons. The summed E-state index contributed by atoms with van der Waals surface area (Å²) in [5.74, 6) is 5.71. The van der Waals surface area contributed by atoms with Crippen molar-refractivity contribution in [3.05, 3.63) is 47.3 Å². The van der Waals surface area contributed by atoms with Crippen molar-refractivity contribution >= 4 is 37.1 Å². The zero-order valence-corrected chi connectivity index (χ0v) is 29.7. The number of sulfonamides is 1. The van der Waals surface area contributed by atoms with Gasteiger partial charge in [-0.05, 0) is 91.1 Å². The Bertz CT molecular complexity index is 1290. The second-order valence-corrected chi connectivity index (χ2v) is 19.6. The molecule has 0 bridgehead atoms. The number of carbonyl (C=O) groups is 2. The Morgan fingerprint density at radius 3 is 1.44 bits per heavy atom. The molecule has 0 N–H and O–H groups in total. The minimum atomic E-state index is -3.09. The third kappa shape index (κ3) is 13.7. The van der Waals surface area contributed by atoms with Crippen LogP contribution in [0, 0.1) is 22.7 Å². The Labute approximate surface area is 264 Å². The third-order valence-corrected chi connectivity index (χ3v) is 10.8. The molecular formula is C34H60N2O5S2. The van der Waals surface area contributed by atoms with Crippen LogP contribution in [-0.4, -0.2) is 69.3 Å². The molecule has 0 aromatic rings. The maximum atomic E-state index is 11.4. The first-order valence-electron chi connectivity index (χ1n) is 14.6. The molecule has 0 aromatic carbocycles. The van der Waals surface area contributed by atoms with Gasteiger partial charge in [0.1, 0.15) is 0 Å². The summed E-state index contributed by atoms with van der Waals surface area (Å²) < 4.78 is 35.4. The normalized spacial score (nSPS) is 26.3. The zero-order chi connectivity index (χ0) is 32.9. The Morgan fingerprint density at radius 1 is 0.721 bits per heavy atom. The fourth-order valence-electron chi connectivity index (χ4n) is 4.50. The van der Waals surface area contributed by atoms with Crippen molar-refractivity contribution in [3.8, 4) is 0 Å². The number of rotatable bonds is 0. The van der Waals surface area contributed by atoms with E-state index in [1.165, 1.54) is 9.71 Å². The quantitative estimate of drug-likeness (QED) is 0.271. The molecule has 248 valence electrons. The van der Waals surface area contributed by atoms with Crippen LogP contribution in [0.25, 0.3) is 0 Å². The molecule has 1 amide bonds. The molecule has 0 aromatic heterocycles. The second kappa shape index (κ2) is 14.9. The lowest BCUT2D eigenvalue weighted by atomic mass is 9.80. The fourth-order valence-corrected chi connectivity index (χ4v) is 7.84. The van der Waals surface area contributed by atoms with Crippen LogP contribution in [-0.2, 0) is 29.1 Å². The average Bonchev–Trinajstić information content (AvgIpc) is 3.54. The van der Waals surface area contributed by atoms with E-state index >= 15 is 0 Å². The maximum absolute atomic E-state index is 11.4. The van der Waals surface area contributed by atoms with Gasteiger partial charge in [-0.1, -0.05) is 73.3 Å². The van der Waals surface area contributed by atoms with Crippen LogP contribution in [0.3, 0.4) is 0 Å². The second-order valence-electron chi connectivity index (χ2n) is 15.5. The average molecular weight is 641 g/mol. The molecule has 43 heavy (non-hydrogen) atoms. The molecule has 3 aliphatic heterocycles. The van der Waals surface area contributed by atoms with E-state index < -0.39 is 19.5 Å². The minimum absolute atomic E-state index is 0. The smallest absolute Gasteiger partial charge is 0.247 e. The predicted octanol–water partition coefficient (Wildman–Crippen LogP) is 6.83. The topological polar surface area (TPSA) is 91.8 Å². The summed E-state index contributed by atoms with van der Waals surface area (Å²) in [6, 6.07) is 0. The van der Waals surface area contributed by atoms with Gasteiger partial charge in [-0.2, -0.15) is 4.31 Å². The fraction of sp³-hybridized carbons (Fsp3) is 0.676. The van der Waals surface area contributed by atoms with Crippen LogP contribution >= 0.6 is 0 Å². The molecule has 0 spiro atoms. The van der Waals surface area contributed by atoms with Crippen molar-refractivity contribution < 1.29 is 22.2 Å². The summed E-state index contributed by atoms with van der Waals surface area (Å²) in [4.78, 5) is 23.7. The number of amides is 1. The lowest BCUT2D eigenvalue weighted by Gasteiger charge is -2.31. The van der Waals surface area contributed by atoms with Crippen LogP contribution in [0.1, 0.15) is 96.9 Å². The van der Waals surface area contributed by atoms with Crippen molar-refractivity contribution in [1.82, 2.24) is 9.21 Å². The number of hydrogen-bond donors (Lipinski definition) is 0.